The number of carbonyl (C=O) groups excluding carboxylic acids is 1. The van der Waals surface area contributed by atoms with Crippen LogP contribution in [0.3, 0.4) is 0 Å². The molecule has 0 bridgehead atoms. The first-order valence-electron chi connectivity index (χ1n) is 11.3. The molecule has 3 aromatic rings. The maximum atomic E-state index is 13.4. The molecule has 4 nitrogen and oxygen atoms in total. The predicted octanol–water partition coefficient (Wildman–Crippen LogP) is 7.69. The molecular formula is C29H34F2IrNO3-. The van der Waals surface area contributed by atoms with Crippen LogP contribution in [0.5, 0.6) is 5.75 Å². The number of pyridine rings is 1. The van der Waals surface area contributed by atoms with E-state index in [9.17, 15) is 18.7 Å². The van der Waals surface area contributed by atoms with Crippen molar-refractivity contribution in [2.45, 2.75) is 55.4 Å². The molecule has 0 atom stereocenters. The van der Waals surface area contributed by atoms with Gasteiger partial charge in [-0.25, -0.2) is 8.78 Å². The molecule has 3 rings (SSSR count). The van der Waals surface area contributed by atoms with E-state index in [0.717, 1.165) is 28.8 Å². The average molecular weight is 675 g/mol. The second kappa shape index (κ2) is 12.1. The van der Waals surface area contributed by atoms with E-state index in [-0.39, 0.29) is 37.1 Å². The van der Waals surface area contributed by atoms with Gasteiger partial charge in [-0.1, -0.05) is 55.4 Å². The largest absolute Gasteiger partial charge is 0.512 e. The number of hydrogen-bond donors (Lipinski definition) is 1. The Morgan fingerprint density at radius 1 is 0.972 bits per heavy atom. The van der Waals surface area contributed by atoms with Crippen LogP contribution in [0, 0.1) is 42.4 Å². The van der Waals surface area contributed by atoms with Crippen molar-refractivity contribution in [3.05, 3.63) is 71.0 Å². The predicted molar refractivity (Wildman–Crippen MR) is 137 cm³/mol. The first-order chi connectivity index (χ1) is 16.0. The number of nitrogens with zero attached hydrogens (tertiary/aromatic N) is 1. The van der Waals surface area contributed by atoms with Crippen LogP contribution >= 0.6 is 0 Å². The number of ketones is 1. The van der Waals surface area contributed by atoms with Crippen LogP contribution in [-0.2, 0) is 24.9 Å². The van der Waals surface area contributed by atoms with Gasteiger partial charge in [-0.15, -0.1) is 34.9 Å². The fraction of sp³-hybridized carbons (Fsp3) is 0.379. The van der Waals surface area contributed by atoms with Crippen molar-refractivity contribution in [1.82, 2.24) is 4.98 Å². The minimum atomic E-state index is -0.916. The van der Waals surface area contributed by atoms with E-state index in [0.29, 0.717) is 22.3 Å². The maximum absolute atomic E-state index is 13.4. The summed E-state index contributed by atoms with van der Waals surface area (Å²) in [5, 5.41) is 10.0. The topological polar surface area (TPSA) is 59.4 Å². The number of aliphatic hydroxyl groups excluding tert-OH is 1. The van der Waals surface area contributed by atoms with Crippen molar-refractivity contribution >= 4 is 16.7 Å². The second-order valence-electron chi connectivity index (χ2n) is 10.6. The molecule has 2 aromatic carbocycles. The van der Waals surface area contributed by atoms with Crippen LogP contribution in [0.4, 0.5) is 8.78 Å². The van der Waals surface area contributed by atoms with Gasteiger partial charge in [-0.3, -0.25) is 9.78 Å². The van der Waals surface area contributed by atoms with Gasteiger partial charge in [0.1, 0.15) is 11.5 Å². The van der Waals surface area contributed by atoms with Crippen LogP contribution in [0.15, 0.2) is 42.2 Å². The number of ether oxygens (including phenoxy) is 1. The van der Waals surface area contributed by atoms with E-state index >= 15 is 0 Å². The molecule has 0 saturated heterocycles. The van der Waals surface area contributed by atoms with Gasteiger partial charge in [0.25, 0.3) is 0 Å². The number of fused-ring (bicyclic) bond motifs is 1. The number of benzene rings is 2. The Morgan fingerprint density at radius 2 is 1.56 bits per heavy atom. The average Bonchev–Trinajstić information content (AvgIpc) is 2.72. The van der Waals surface area contributed by atoms with Gasteiger partial charge in [-0.2, -0.15) is 0 Å². The minimum Gasteiger partial charge on any atom is -0.512 e. The summed E-state index contributed by atoms with van der Waals surface area (Å²) in [6.07, 6.45) is 1.33. The van der Waals surface area contributed by atoms with Crippen molar-refractivity contribution in [3.63, 3.8) is 0 Å². The molecule has 197 valence electrons. The Labute approximate surface area is 226 Å². The zero-order valence-electron chi connectivity index (χ0n) is 22.3. The zero-order valence-corrected chi connectivity index (χ0v) is 24.7. The maximum Gasteiger partial charge on any atom is 0.164 e. The van der Waals surface area contributed by atoms with Gasteiger partial charge in [0.2, 0.25) is 0 Å². The number of halogens is 2. The monoisotopic (exact) mass is 675 g/mol. The summed E-state index contributed by atoms with van der Waals surface area (Å²) >= 11 is 0. The van der Waals surface area contributed by atoms with Gasteiger partial charge >= 0.3 is 0 Å². The molecule has 0 saturated carbocycles. The number of hydrogen-bond acceptors (Lipinski definition) is 4. The third-order valence-corrected chi connectivity index (χ3v) is 5.22. The number of rotatable bonds is 3. The Kier molecular flexibility index (Phi) is 10.5. The standard InChI is InChI=1S/C18H14F2NO.C11H20O2.Ir/c1-10-4-11(2)6-13(5-10)18-17(22-3)8-12-7-14(19)15(20)9-16(12)21-18;1-10(2,3)8(12)7-9(13)11(4,5)6;/h4-5,7-9H,1-3H3;7,12H,1-6H3;/q-1;;/b;8-7-;. The van der Waals surface area contributed by atoms with Crippen LogP contribution < -0.4 is 4.74 Å². The number of aliphatic hydroxyl groups is 1. The van der Waals surface area contributed by atoms with Crippen LogP contribution in [0.1, 0.15) is 52.7 Å². The molecular weight excluding hydrogens is 641 g/mol. The van der Waals surface area contributed by atoms with Gasteiger partial charge in [-0.05, 0) is 12.1 Å². The molecule has 0 aliphatic rings. The minimum absolute atomic E-state index is 0. The summed E-state index contributed by atoms with van der Waals surface area (Å²) in [7, 11) is 1.52. The van der Waals surface area contributed by atoms with Crippen LogP contribution in [0.2, 0.25) is 0 Å². The number of aromatic nitrogens is 1. The summed E-state index contributed by atoms with van der Waals surface area (Å²) in [4.78, 5) is 15.9. The molecule has 0 fully saturated rings. The van der Waals surface area contributed by atoms with E-state index < -0.39 is 17.0 Å². The Bertz CT molecular complexity index is 1250. The first kappa shape index (κ1) is 31.4. The van der Waals surface area contributed by atoms with Gasteiger partial charge in [0, 0.05) is 54.2 Å². The molecule has 7 heteroatoms. The Morgan fingerprint density at radius 3 is 2.06 bits per heavy atom. The number of methoxy groups -OCH3 is 1. The Hall–Kier alpha value is -2.63. The van der Waals surface area contributed by atoms with Crippen molar-refractivity contribution < 1.29 is 43.5 Å². The number of carbonyl (C=O) groups is 1. The SMILES string of the molecule is CC(C)(C)C(=O)/C=C(\O)C(C)(C)C.COc1cc2cc(F)c(F)cc2nc1-c1[c-]c(C)cc(C)c1.[Ir]. The van der Waals surface area contributed by atoms with Gasteiger partial charge in [0.05, 0.1) is 12.6 Å². The smallest absolute Gasteiger partial charge is 0.164 e. The van der Waals surface area contributed by atoms with Crippen LogP contribution in [-0.4, -0.2) is 23.0 Å². The van der Waals surface area contributed by atoms with E-state index in [2.05, 4.69) is 11.1 Å². The molecule has 0 spiro atoms. The van der Waals surface area contributed by atoms with E-state index in [4.69, 9.17) is 4.74 Å². The molecule has 1 N–H and O–H groups in total. The summed E-state index contributed by atoms with van der Waals surface area (Å²) in [5.74, 6) is -1.21. The summed E-state index contributed by atoms with van der Waals surface area (Å²) in [5.41, 5.74) is 2.99. The van der Waals surface area contributed by atoms with Gasteiger partial charge < -0.3 is 9.84 Å². The molecule has 0 amide bonds. The summed E-state index contributed by atoms with van der Waals surface area (Å²) in [6.45, 7) is 15.0. The molecule has 36 heavy (non-hydrogen) atoms. The molecule has 1 radical (unpaired) electrons. The fourth-order valence-electron chi connectivity index (χ4n) is 3.08. The quantitative estimate of drug-likeness (QED) is 0.176. The Balaban J connectivity index is 0.000000402. The molecule has 1 heterocycles. The zero-order chi connectivity index (χ0) is 26.7. The van der Waals surface area contributed by atoms with Crippen molar-refractivity contribution in [3.8, 4) is 17.0 Å². The second-order valence-corrected chi connectivity index (χ2v) is 10.6. The van der Waals surface area contributed by atoms with E-state index in [1.54, 1.807) is 6.07 Å². The van der Waals surface area contributed by atoms with Crippen molar-refractivity contribution in [2.75, 3.05) is 7.11 Å². The van der Waals surface area contributed by atoms with Crippen molar-refractivity contribution in [1.29, 1.82) is 0 Å². The molecule has 1 aromatic heterocycles. The van der Waals surface area contributed by atoms with Gasteiger partial charge in [0.15, 0.2) is 17.4 Å². The molecule has 0 aliphatic carbocycles. The normalized spacial score (nSPS) is 11.9. The molecule has 0 aliphatic heterocycles. The number of allylic oxidation sites excluding steroid dienone is 2. The summed E-state index contributed by atoms with van der Waals surface area (Å²) in [6, 6.07) is 11.0. The number of aryl methyl sites for hydroxylation is 2. The van der Waals surface area contributed by atoms with E-state index in [1.165, 1.54) is 13.2 Å². The van der Waals surface area contributed by atoms with E-state index in [1.807, 2.05) is 67.5 Å². The third-order valence-electron chi connectivity index (χ3n) is 5.22. The fourth-order valence-corrected chi connectivity index (χ4v) is 3.08. The van der Waals surface area contributed by atoms with Crippen molar-refractivity contribution in [2.24, 2.45) is 10.8 Å². The summed E-state index contributed by atoms with van der Waals surface area (Å²) < 4.78 is 32.2. The molecule has 0 unspecified atom stereocenters. The van der Waals surface area contributed by atoms with Crippen LogP contribution in [0.25, 0.3) is 22.2 Å². The third kappa shape index (κ3) is 8.21. The first-order valence-corrected chi connectivity index (χ1v) is 11.3.